The third-order valence-corrected chi connectivity index (χ3v) is 5.20. The zero-order valence-corrected chi connectivity index (χ0v) is 16.6. The molecule has 1 unspecified atom stereocenters. The largest absolute Gasteiger partial charge is 0.496 e. The SMILES string of the molecule is COc1ccccc1C1CCCN1C(=O)Nc1ccc(-c2nccc(C)n2)cc1. The predicted octanol–water partition coefficient (Wildman–Crippen LogP) is 4.83. The number of aryl methyl sites for hydroxylation is 1. The Hall–Kier alpha value is -3.41. The first-order valence-corrected chi connectivity index (χ1v) is 9.76. The van der Waals surface area contributed by atoms with Gasteiger partial charge in [-0.1, -0.05) is 18.2 Å². The van der Waals surface area contributed by atoms with Crippen LogP contribution in [0, 0.1) is 6.92 Å². The lowest BCUT2D eigenvalue weighted by atomic mass is 10.0. The molecule has 1 saturated heterocycles. The lowest BCUT2D eigenvalue weighted by Gasteiger charge is -2.26. The highest BCUT2D eigenvalue weighted by atomic mass is 16.5. The second-order valence-electron chi connectivity index (χ2n) is 7.12. The van der Waals surface area contributed by atoms with Gasteiger partial charge in [0, 0.05) is 35.2 Å². The Labute approximate surface area is 170 Å². The van der Waals surface area contributed by atoms with Crippen LogP contribution in [0.2, 0.25) is 0 Å². The standard InChI is InChI=1S/C23H24N4O2/c1-16-13-14-24-22(25-16)17-9-11-18(12-10-17)26-23(28)27-15-5-7-20(27)19-6-3-4-8-21(19)29-2/h3-4,6,8-14,20H,5,7,15H2,1-2H3,(H,26,28). The monoisotopic (exact) mass is 388 g/mol. The Morgan fingerprint density at radius 3 is 2.69 bits per heavy atom. The molecule has 1 aliphatic rings. The number of likely N-dealkylation sites (tertiary alicyclic amines) is 1. The number of carbonyl (C=O) groups is 1. The molecule has 2 aromatic carbocycles. The van der Waals surface area contributed by atoms with Crippen LogP contribution in [-0.2, 0) is 0 Å². The van der Waals surface area contributed by atoms with E-state index >= 15 is 0 Å². The lowest BCUT2D eigenvalue weighted by molar-refractivity contribution is 0.206. The van der Waals surface area contributed by atoms with Crippen LogP contribution in [0.1, 0.15) is 30.1 Å². The van der Waals surface area contributed by atoms with Gasteiger partial charge in [-0.15, -0.1) is 0 Å². The highest BCUT2D eigenvalue weighted by Crippen LogP contribution is 2.37. The fourth-order valence-corrected chi connectivity index (χ4v) is 3.76. The highest BCUT2D eigenvalue weighted by molar-refractivity contribution is 5.90. The van der Waals surface area contributed by atoms with Crippen molar-refractivity contribution in [2.75, 3.05) is 19.0 Å². The average molecular weight is 388 g/mol. The molecule has 2 amide bonds. The molecular formula is C23H24N4O2. The first kappa shape index (κ1) is 18.9. The van der Waals surface area contributed by atoms with Gasteiger partial charge in [-0.2, -0.15) is 0 Å². The molecule has 29 heavy (non-hydrogen) atoms. The fraction of sp³-hybridized carbons (Fsp3) is 0.261. The molecule has 1 fully saturated rings. The van der Waals surface area contributed by atoms with Crippen LogP contribution in [0.4, 0.5) is 10.5 Å². The number of hydrogen-bond acceptors (Lipinski definition) is 4. The van der Waals surface area contributed by atoms with E-state index in [1.807, 2.05) is 66.4 Å². The number of para-hydroxylation sites is 1. The summed E-state index contributed by atoms with van der Waals surface area (Å²) < 4.78 is 5.50. The van der Waals surface area contributed by atoms with Crippen molar-refractivity contribution in [3.05, 3.63) is 72.1 Å². The van der Waals surface area contributed by atoms with Crippen molar-refractivity contribution >= 4 is 11.7 Å². The molecule has 1 atom stereocenters. The minimum absolute atomic E-state index is 0.0196. The third kappa shape index (κ3) is 4.06. The quantitative estimate of drug-likeness (QED) is 0.695. The van der Waals surface area contributed by atoms with Gasteiger partial charge in [0.1, 0.15) is 5.75 Å². The zero-order valence-electron chi connectivity index (χ0n) is 16.6. The molecule has 0 bridgehead atoms. The van der Waals surface area contributed by atoms with Crippen LogP contribution in [0.3, 0.4) is 0 Å². The number of carbonyl (C=O) groups excluding carboxylic acids is 1. The Morgan fingerprint density at radius 2 is 1.93 bits per heavy atom. The van der Waals surface area contributed by atoms with Crippen LogP contribution in [-0.4, -0.2) is 34.6 Å². The van der Waals surface area contributed by atoms with Gasteiger partial charge in [0.15, 0.2) is 5.82 Å². The first-order chi connectivity index (χ1) is 14.2. The van der Waals surface area contributed by atoms with Crippen LogP contribution in [0.5, 0.6) is 5.75 Å². The highest BCUT2D eigenvalue weighted by Gasteiger charge is 2.31. The molecule has 1 aromatic heterocycles. The summed E-state index contributed by atoms with van der Waals surface area (Å²) in [6.07, 6.45) is 3.65. The average Bonchev–Trinajstić information content (AvgIpc) is 3.24. The topological polar surface area (TPSA) is 67.3 Å². The second-order valence-corrected chi connectivity index (χ2v) is 7.12. The number of nitrogens with one attached hydrogen (secondary N) is 1. The number of methoxy groups -OCH3 is 1. The maximum atomic E-state index is 12.9. The number of urea groups is 1. The van der Waals surface area contributed by atoms with Crippen molar-refractivity contribution in [2.24, 2.45) is 0 Å². The van der Waals surface area contributed by atoms with Gasteiger partial charge in [0.05, 0.1) is 13.2 Å². The second kappa shape index (κ2) is 8.31. The maximum absolute atomic E-state index is 12.9. The normalized spacial score (nSPS) is 15.9. The first-order valence-electron chi connectivity index (χ1n) is 9.76. The fourth-order valence-electron chi connectivity index (χ4n) is 3.76. The lowest BCUT2D eigenvalue weighted by Crippen LogP contribution is -2.34. The van der Waals surface area contributed by atoms with Crippen molar-refractivity contribution in [3.8, 4) is 17.1 Å². The Bertz CT molecular complexity index is 1000. The van der Waals surface area contributed by atoms with E-state index in [0.717, 1.165) is 47.6 Å². The van der Waals surface area contributed by atoms with Crippen molar-refractivity contribution in [1.29, 1.82) is 0 Å². The summed E-state index contributed by atoms with van der Waals surface area (Å²) in [5, 5.41) is 3.02. The van der Waals surface area contributed by atoms with Gasteiger partial charge in [0.2, 0.25) is 0 Å². The number of ether oxygens (including phenoxy) is 1. The molecule has 0 spiro atoms. The summed E-state index contributed by atoms with van der Waals surface area (Å²) in [6, 6.07) is 17.3. The molecule has 6 heteroatoms. The van der Waals surface area contributed by atoms with Gasteiger partial charge in [-0.05, 0) is 56.2 Å². The Kier molecular flexibility index (Phi) is 5.42. The molecule has 0 radical (unpaired) electrons. The van der Waals surface area contributed by atoms with Crippen molar-refractivity contribution in [3.63, 3.8) is 0 Å². The van der Waals surface area contributed by atoms with Gasteiger partial charge in [-0.3, -0.25) is 0 Å². The summed E-state index contributed by atoms with van der Waals surface area (Å²) in [4.78, 5) is 23.6. The molecule has 0 saturated carbocycles. The van der Waals surface area contributed by atoms with E-state index in [0.29, 0.717) is 5.82 Å². The number of rotatable bonds is 4. The molecule has 3 aromatic rings. The zero-order chi connectivity index (χ0) is 20.2. The molecule has 1 N–H and O–H groups in total. The van der Waals surface area contributed by atoms with Gasteiger partial charge in [-0.25, -0.2) is 14.8 Å². The number of amides is 2. The number of anilines is 1. The summed E-state index contributed by atoms with van der Waals surface area (Å²) in [6.45, 7) is 2.66. The van der Waals surface area contributed by atoms with Crippen LogP contribution >= 0.6 is 0 Å². The molecule has 0 aliphatic carbocycles. The molecule has 6 nitrogen and oxygen atoms in total. The van der Waals surface area contributed by atoms with Crippen molar-refractivity contribution in [1.82, 2.24) is 14.9 Å². The summed E-state index contributed by atoms with van der Waals surface area (Å²) >= 11 is 0. The van der Waals surface area contributed by atoms with Crippen molar-refractivity contribution < 1.29 is 9.53 Å². The smallest absolute Gasteiger partial charge is 0.322 e. The minimum Gasteiger partial charge on any atom is -0.496 e. The van der Waals surface area contributed by atoms with Crippen LogP contribution in [0.15, 0.2) is 60.8 Å². The molecular weight excluding hydrogens is 364 g/mol. The van der Waals surface area contributed by atoms with Crippen molar-refractivity contribution in [2.45, 2.75) is 25.8 Å². The predicted molar refractivity (Wildman–Crippen MR) is 113 cm³/mol. The van der Waals surface area contributed by atoms with Gasteiger partial charge < -0.3 is 15.0 Å². The minimum atomic E-state index is -0.0991. The Balaban J connectivity index is 1.48. The van der Waals surface area contributed by atoms with E-state index in [4.69, 9.17) is 4.74 Å². The summed E-state index contributed by atoms with van der Waals surface area (Å²) in [7, 11) is 1.66. The van der Waals surface area contributed by atoms with Crippen LogP contribution < -0.4 is 10.1 Å². The van der Waals surface area contributed by atoms with E-state index in [1.165, 1.54) is 0 Å². The van der Waals surface area contributed by atoms with E-state index in [-0.39, 0.29) is 12.1 Å². The molecule has 4 rings (SSSR count). The van der Waals surface area contributed by atoms with E-state index < -0.39 is 0 Å². The molecule has 2 heterocycles. The maximum Gasteiger partial charge on any atom is 0.322 e. The summed E-state index contributed by atoms with van der Waals surface area (Å²) in [5.74, 6) is 1.50. The van der Waals surface area contributed by atoms with Crippen LogP contribution in [0.25, 0.3) is 11.4 Å². The van der Waals surface area contributed by atoms with Gasteiger partial charge in [0.25, 0.3) is 0 Å². The number of aromatic nitrogens is 2. The number of nitrogens with zero attached hydrogens (tertiary/aromatic N) is 3. The summed E-state index contributed by atoms with van der Waals surface area (Å²) in [5.41, 5.74) is 3.63. The van der Waals surface area contributed by atoms with E-state index in [9.17, 15) is 4.79 Å². The van der Waals surface area contributed by atoms with E-state index in [1.54, 1.807) is 13.3 Å². The van der Waals surface area contributed by atoms with E-state index in [2.05, 4.69) is 15.3 Å². The van der Waals surface area contributed by atoms with Gasteiger partial charge >= 0.3 is 6.03 Å². The third-order valence-electron chi connectivity index (χ3n) is 5.20. The number of hydrogen-bond donors (Lipinski definition) is 1. The molecule has 148 valence electrons. The Morgan fingerprint density at radius 1 is 1.14 bits per heavy atom. The molecule has 1 aliphatic heterocycles. The number of benzene rings is 2.